The molecule has 0 heterocycles. The first kappa shape index (κ1) is 13.9. The minimum Gasteiger partial charge on any atom is -0.445 e. The molecule has 15 heavy (non-hydrogen) atoms. The number of hydrogen-bond acceptors (Lipinski definition) is 5. The van der Waals surface area contributed by atoms with Crippen LogP contribution >= 0.6 is 0 Å². The highest BCUT2D eigenvalue weighted by molar-refractivity contribution is 7.85. The highest BCUT2D eigenvalue weighted by atomic mass is 32.2. The van der Waals surface area contributed by atoms with Crippen LogP contribution in [0.1, 0.15) is 6.42 Å². The number of carbonyl (C=O) groups excluding carboxylic acids is 1. The van der Waals surface area contributed by atoms with Crippen LogP contribution in [-0.4, -0.2) is 40.5 Å². The summed E-state index contributed by atoms with van der Waals surface area (Å²) in [6, 6.07) is 0. The molecule has 0 spiro atoms. The fourth-order valence-corrected chi connectivity index (χ4v) is 1.08. The molecule has 0 aliphatic rings. The molecule has 0 radical (unpaired) electrons. The summed E-state index contributed by atoms with van der Waals surface area (Å²) in [6.07, 6.45) is 2.26. The van der Waals surface area contributed by atoms with Crippen molar-refractivity contribution in [3.05, 3.63) is 12.7 Å². The van der Waals surface area contributed by atoms with Gasteiger partial charge in [-0.1, -0.05) is 12.7 Å². The summed E-state index contributed by atoms with van der Waals surface area (Å²) in [5.74, 6) is 0. The lowest BCUT2D eigenvalue weighted by Crippen LogP contribution is -2.26. The lowest BCUT2D eigenvalue weighted by molar-refractivity contribution is 0.157. The van der Waals surface area contributed by atoms with Gasteiger partial charge in [0.1, 0.15) is 6.61 Å². The topological polar surface area (TPSA) is 81.7 Å². The van der Waals surface area contributed by atoms with Crippen molar-refractivity contribution in [3.8, 4) is 0 Å². The van der Waals surface area contributed by atoms with E-state index in [-0.39, 0.29) is 13.2 Å². The molecule has 0 aliphatic carbocycles. The molecule has 0 aromatic carbocycles. The summed E-state index contributed by atoms with van der Waals surface area (Å²) in [7, 11) is -3.40. The van der Waals surface area contributed by atoms with E-state index in [0.717, 1.165) is 6.26 Å². The number of hydrogen-bond donors (Lipinski definition) is 1. The van der Waals surface area contributed by atoms with E-state index in [0.29, 0.717) is 13.0 Å². The van der Waals surface area contributed by atoms with Gasteiger partial charge in [0, 0.05) is 6.54 Å². The predicted molar refractivity (Wildman–Crippen MR) is 55.0 cm³/mol. The zero-order valence-electron chi connectivity index (χ0n) is 8.56. The average molecular weight is 237 g/mol. The van der Waals surface area contributed by atoms with Crippen LogP contribution in [0.3, 0.4) is 0 Å². The molecule has 1 N–H and O–H groups in total. The molecule has 0 rings (SSSR count). The number of ether oxygens (including phenoxy) is 1. The first-order valence-electron chi connectivity index (χ1n) is 4.31. The summed E-state index contributed by atoms with van der Waals surface area (Å²) in [5, 5.41) is 2.42. The zero-order valence-corrected chi connectivity index (χ0v) is 9.38. The van der Waals surface area contributed by atoms with E-state index in [1.807, 2.05) is 0 Å². The predicted octanol–water partition coefficient (Wildman–Crippen LogP) is 0.265. The smallest absolute Gasteiger partial charge is 0.407 e. The van der Waals surface area contributed by atoms with Crippen LogP contribution < -0.4 is 5.32 Å². The molecule has 0 aliphatic heterocycles. The molecule has 1 amide bonds. The molecule has 7 heteroatoms. The first-order chi connectivity index (χ1) is 6.95. The SMILES string of the molecule is C=CCOC(=O)NCCCOS(C)(=O)=O. The Labute approximate surface area is 89.4 Å². The van der Waals surface area contributed by atoms with Crippen LogP contribution in [0.4, 0.5) is 4.79 Å². The summed E-state index contributed by atoms with van der Waals surface area (Å²) < 4.78 is 30.1. The molecule has 0 saturated heterocycles. The monoisotopic (exact) mass is 237 g/mol. The summed E-state index contributed by atoms with van der Waals surface area (Å²) in [4.78, 5) is 10.8. The summed E-state index contributed by atoms with van der Waals surface area (Å²) >= 11 is 0. The highest BCUT2D eigenvalue weighted by Crippen LogP contribution is 1.89. The lowest BCUT2D eigenvalue weighted by atomic mass is 10.5. The fourth-order valence-electron chi connectivity index (χ4n) is 0.659. The average Bonchev–Trinajstić information content (AvgIpc) is 2.12. The molecule has 6 nitrogen and oxygen atoms in total. The van der Waals surface area contributed by atoms with Gasteiger partial charge >= 0.3 is 6.09 Å². The Balaban J connectivity index is 3.39. The van der Waals surface area contributed by atoms with Gasteiger partial charge < -0.3 is 10.1 Å². The number of amides is 1. The second kappa shape index (κ2) is 7.24. The number of carbonyl (C=O) groups is 1. The minimum atomic E-state index is -3.40. The van der Waals surface area contributed by atoms with Crippen LogP contribution in [0.25, 0.3) is 0 Å². The standard InChI is InChI=1S/C8H15NO5S/c1-3-6-13-8(10)9-5-4-7-14-15(2,11)12/h3H,1,4-7H2,2H3,(H,9,10). The second-order valence-corrected chi connectivity index (χ2v) is 4.34. The quantitative estimate of drug-likeness (QED) is 0.390. The Bertz CT molecular complexity index is 298. The Hall–Kier alpha value is -1.08. The maximum atomic E-state index is 10.8. The molecule has 0 saturated carbocycles. The van der Waals surface area contributed by atoms with E-state index in [1.165, 1.54) is 6.08 Å². The normalized spacial score (nSPS) is 10.7. The fraction of sp³-hybridized carbons (Fsp3) is 0.625. The molecule has 0 bridgehead atoms. The molecular formula is C8H15NO5S. The van der Waals surface area contributed by atoms with Crippen molar-refractivity contribution in [2.24, 2.45) is 0 Å². The van der Waals surface area contributed by atoms with Crippen molar-refractivity contribution in [2.75, 3.05) is 26.0 Å². The molecule has 0 aromatic heterocycles. The maximum absolute atomic E-state index is 10.8. The van der Waals surface area contributed by atoms with Crippen LogP contribution in [-0.2, 0) is 19.0 Å². The van der Waals surface area contributed by atoms with E-state index in [4.69, 9.17) is 0 Å². The van der Waals surface area contributed by atoms with Gasteiger partial charge in [0.25, 0.3) is 10.1 Å². The Kier molecular flexibility index (Phi) is 6.72. The third kappa shape index (κ3) is 10.8. The van der Waals surface area contributed by atoms with E-state index >= 15 is 0 Å². The van der Waals surface area contributed by atoms with Gasteiger partial charge in [-0.2, -0.15) is 8.42 Å². The van der Waals surface area contributed by atoms with Gasteiger partial charge in [-0.15, -0.1) is 0 Å². The van der Waals surface area contributed by atoms with Gasteiger partial charge in [0.05, 0.1) is 12.9 Å². The Morgan fingerprint density at radius 2 is 2.20 bits per heavy atom. The van der Waals surface area contributed by atoms with Gasteiger partial charge in [-0.05, 0) is 6.42 Å². The molecule has 0 unspecified atom stereocenters. The molecule has 0 fully saturated rings. The maximum Gasteiger partial charge on any atom is 0.407 e. The van der Waals surface area contributed by atoms with Crippen molar-refractivity contribution in [3.63, 3.8) is 0 Å². The van der Waals surface area contributed by atoms with Crippen molar-refractivity contribution < 1.29 is 22.1 Å². The van der Waals surface area contributed by atoms with E-state index < -0.39 is 16.2 Å². The molecule has 0 aromatic rings. The van der Waals surface area contributed by atoms with Crippen molar-refractivity contribution in [1.82, 2.24) is 5.32 Å². The largest absolute Gasteiger partial charge is 0.445 e. The zero-order chi connectivity index (χ0) is 11.7. The minimum absolute atomic E-state index is 0.0422. The summed E-state index contributed by atoms with van der Waals surface area (Å²) in [5.41, 5.74) is 0. The van der Waals surface area contributed by atoms with Gasteiger partial charge in [0.2, 0.25) is 0 Å². The number of nitrogens with one attached hydrogen (secondary N) is 1. The molecule has 88 valence electrons. The van der Waals surface area contributed by atoms with Crippen LogP contribution in [0.5, 0.6) is 0 Å². The van der Waals surface area contributed by atoms with Crippen molar-refractivity contribution >= 4 is 16.2 Å². The van der Waals surface area contributed by atoms with Gasteiger partial charge in [-0.3, -0.25) is 4.18 Å². The van der Waals surface area contributed by atoms with Gasteiger partial charge in [0.15, 0.2) is 0 Å². The van der Waals surface area contributed by atoms with Crippen molar-refractivity contribution in [2.45, 2.75) is 6.42 Å². The second-order valence-electron chi connectivity index (χ2n) is 2.69. The van der Waals surface area contributed by atoms with Crippen molar-refractivity contribution in [1.29, 1.82) is 0 Å². The number of alkyl carbamates (subject to hydrolysis) is 1. The first-order valence-corrected chi connectivity index (χ1v) is 6.13. The van der Waals surface area contributed by atoms with Crippen LogP contribution in [0, 0.1) is 0 Å². The summed E-state index contributed by atoms with van der Waals surface area (Å²) in [6.45, 7) is 3.86. The highest BCUT2D eigenvalue weighted by Gasteiger charge is 2.02. The van der Waals surface area contributed by atoms with E-state index in [2.05, 4.69) is 20.8 Å². The van der Waals surface area contributed by atoms with E-state index in [1.54, 1.807) is 0 Å². The Morgan fingerprint density at radius 1 is 1.53 bits per heavy atom. The molecule has 0 atom stereocenters. The number of rotatable bonds is 7. The van der Waals surface area contributed by atoms with Crippen LogP contribution in [0.15, 0.2) is 12.7 Å². The van der Waals surface area contributed by atoms with Gasteiger partial charge in [-0.25, -0.2) is 4.79 Å². The van der Waals surface area contributed by atoms with Crippen LogP contribution in [0.2, 0.25) is 0 Å². The Morgan fingerprint density at radius 3 is 2.73 bits per heavy atom. The van der Waals surface area contributed by atoms with E-state index in [9.17, 15) is 13.2 Å². The third-order valence-corrected chi connectivity index (χ3v) is 1.81. The lowest BCUT2D eigenvalue weighted by Gasteiger charge is -2.04. The third-order valence-electron chi connectivity index (χ3n) is 1.22. The molecular weight excluding hydrogens is 222 g/mol.